The normalized spacial score (nSPS) is 17.8. The van der Waals surface area contributed by atoms with Crippen LogP contribution in [0.5, 0.6) is 0 Å². The lowest BCUT2D eigenvalue weighted by atomic mass is 10.2. The third-order valence-electron chi connectivity index (χ3n) is 2.01. The van der Waals surface area contributed by atoms with Crippen LogP contribution >= 0.6 is 11.3 Å². The van der Waals surface area contributed by atoms with Gasteiger partial charge in [-0.1, -0.05) is 6.07 Å². The Hall–Kier alpha value is -1.24. The number of nitrogens with zero attached hydrogens (tertiary/aromatic N) is 1. The van der Waals surface area contributed by atoms with Gasteiger partial charge in [0.25, 0.3) is 6.02 Å². The number of aliphatic imine (C=N–C) groups is 1. The summed E-state index contributed by atoms with van der Waals surface area (Å²) in [6, 6.07) is 1.24. The first-order valence-corrected chi connectivity index (χ1v) is 5.49. The fourth-order valence-electron chi connectivity index (χ4n) is 1.32. The van der Waals surface area contributed by atoms with E-state index < -0.39 is 12.2 Å². The van der Waals surface area contributed by atoms with Crippen LogP contribution in [0.2, 0.25) is 0 Å². The number of ether oxygens (including phenoxy) is 1. The Balaban J connectivity index is 2.15. The summed E-state index contributed by atoms with van der Waals surface area (Å²) in [5, 5.41) is 3.88. The van der Waals surface area contributed by atoms with Crippen molar-refractivity contribution in [2.24, 2.45) is 4.99 Å². The molecule has 1 aliphatic rings. The van der Waals surface area contributed by atoms with Crippen LogP contribution in [0.25, 0.3) is 0 Å². The van der Waals surface area contributed by atoms with Crippen molar-refractivity contribution < 1.29 is 17.9 Å². The summed E-state index contributed by atoms with van der Waals surface area (Å²) in [6.45, 7) is 0.731. The van der Waals surface area contributed by atoms with Crippen molar-refractivity contribution in [1.29, 1.82) is 0 Å². The van der Waals surface area contributed by atoms with E-state index >= 15 is 0 Å². The minimum Gasteiger partial charge on any atom is -0.463 e. The smallest absolute Gasteiger partial charge is 0.413 e. The molecule has 7 heteroatoms. The number of amidine groups is 1. The van der Waals surface area contributed by atoms with Gasteiger partial charge in [-0.15, -0.1) is 11.3 Å². The van der Waals surface area contributed by atoms with Crippen LogP contribution in [0.3, 0.4) is 0 Å². The van der Waals surface area contributed by atoms with Crippen LogP contribution in [0.1, 0.15) is 10.9 Å². The van der Waals surface area contributed by atoms with Crippen LogP contribution in [-0.4, -0.2) is 25.3 Å². The van der Waals surface area contributed by atoms with Crippen LogP contribution < -0.4 is 5.32 Å². The molecule has 0 radical (unpaired) electrons. The minimum absolute atomic E-state index is 0.0317. The van der Waals surface area contributed by atoms with Crippen molar-refractivity contribution >= 4 is 17.4 Å². The number of alkyl halides is 3. The molecule has 16 heavy (non-hydrogen) atoms. The third kappa shape index (κ3) is 2.46. The van der Waals surface area contributed by atoms with Crippen LogP contribution in [-0.2, 0) is 4.74 Å². The van der Waals surface area contributed by atoms with E-state index in [1.54, 1.807) is 11.4 Å². The molecule has 0 spiro atoms. The number of halogens is 3. The fraction of sp³-hybridized carbons (Fsp3) is 0.444. The Morgan fingerprint density at radius 3 is 2.81 bits per heavy atom. The van der Waals surface area contributed by atoms with Gasteiger partial charge in [0.05, 0.1) is 6.54 Å². The molecule has 2 heterocycles. The largest absolute Gasteiger partial charge is 0.463 e. The quantitative estimate of drug-likeness (QED) is 0.874. The lowest BCUT2D eigenvalue weighted by Crippen LogP contribution is -2.37. The molecule has 1 aromatic rings. The molecule has 0 aromatic carbocycles. The first kappa shape index (κ1) is 11.3. The molecule has 88 valence electrons. The van der Waals surface area contributed by atoms with Crippen molar-refractivity contribution in [2.45, 2.75) is 12.2 Å². The van der Waals surface area contributed by atoms with E-state index in [-0.39, 0.29) is 10.9 Å². The first-order valence-electron chi connectivity index (χ1n) is 4.61. The van der Waals surface area contributed by atoms with E-state index in [2.05, 4.69) is 10.3 Å². The average Bonchev–Trinajstić information content (AvgIpc) is 2.85. The van der Waals surface area contributed by atoms with Gasteiger partial charge in [-0.3, -0.25) is 0 Å². The molecule has 0 saturated heterocycles. The van der Waals surface area contributed by atoms with Crippen LogP contribution in [0.15, 0.2) is 22.5 Å². The summed E-state index contributed by atoms with van der Waals surface area (Å²) in [5.74, 6) is 0. The summed E-state index contributed by atoms with van der Waals surface area (Å²) >= 11 is 1.05. The number of nitrogens with one attached hydrogen (secondary N) is 1. The molecule has 3 nitrogen and oxygen atoms in total. The highest BCUT2D eigenvalue weighted by Crippen LogP contribution is 2.35. The van der Waals surface area contributed by atoms with E-state index in [4.69, 9.17) is 4.74 Å². The van der Waals surface area contributed by atoms with E-state index in [0.717, 1.165) is 11.3 Å². The third-order valence-corrected chi connectivity index (χ3v) is 2.95. The van der Waals surface area contributed by atoms with Gasteiger partial charge < -0.3 is 10.1 Å². The molecular formula is C9H9F3N2OS. The highest BCUT2D eigenvalue weighted by atomic mass is 32.1. The molecule has 0 fully saturated rings. The molecule has 1 unspecified atom stereocenters. The monoisotopic (exact) mass is 250 g/mol. The zero-order chi connectivity index (χ0) is 11.6. The Labute approximate surface area is 93.9 Å². The van der Waals surface area contributed by atoms with E-state index in [0.29, 0.717) is 13.2 Å². The van der Waals surface area contributed by atoms with Crippen molar-refractivity contribution in [3.8, 4) is 0 Å². The second kappa shape index (κ2) is 4.32. The fourth-order valence-corrected chi connectivity index (χ4v) is 2.12. The van der Waals surface area contributed by atoms with Crippen molar-refractivity contribution in [3.05, 3.63) is 22.4 Å². The van der Waals surface area contributed by atoms with Gasteiger partial charge in [-0.05, 0) is 11.4 Å². The summed E-state index contributed by atoms with van der Waals surface area (Å²) < 4.78 is 43.2. The SMILES string of the molecule is FC(F)(F)C(NC1=NCCO1)c1cccs1. The molecule has 1 atom stereocenters. The molecule has 1 aliphatic heterocycles. The van der Waals surface area contributed by atoms with Gasteiger partial charge in [0.2, 0.25) is 0 Å². The highest BCUT2D eigenvalue weighted by Gasteiger charge is 2.42. The standard InChI is InChI=1S/C9H9F3N2OS/c10-9(11,12)7(6-2-1-5-16-6)14-8-13-3-4-15-8/h1-2,5,7H,3-4H2,(H,13,14). The molecule has 1 N–H and O–H groups in total. The molecule has 0 saturated carbocycles. The first-order chi connectivity index (χ1) is 7.57. The number of hydrogen-bond donors (Lipinski definition) is 1. The number of thiophene rings is 1. The predicted octanol–water partition coefficient (Wildman–Crippen LogP) is 2.33. The molecule has 0 aliphatic carbocycles. The summed E-state index contributed by atoms with van der Waals surface area (Å²) in [4.78, 5) is 3.99. The molecule has 0 amide bonds. The lowest BCUT2D eigenvalue weighted by Gasteiger charge is -2.20. The maximum absolute atomic E-state index is 12.8. The van der Waals surface area contributed by atoms with Crippen LogP contribution in [0.4, 0.5) is 13.2 Å². The van der Waals surface area contributed by atoms with Gasteiger partial charge >= 0.3 is 6.18 Å². The molecule has 1 aromatic heterocycles. The summed E-state index contributed by atoms with van der Waals surface area (Å²) in [5.41, 5.74) is 0. The molecular weight excluding hydrogens is 241 g/mol. The van der Waals surface area contributed by atoms with Gasteiger partial charge in [0, 0.05) is 4.88 Å². The highest BCUT2D eigenvalue weighted by molar-refractivity contribution is 7.10. The predicted molar refractivity (Wildman–Crippen MR) is 54.5 cm³/mol. The van der Waals surface area contributed by atoms with Crippen molar-refractivity contribution in [3.63, 3.8) is 0 Å². The Morgan fingerprint density at radius 2 is 2.31 bits per heavy atom. The number of hydrogen-bond acceptors (Lipinski definition) is 4. The maximum Gasteiger partial charge on any atom is 0.413 e. The van der Waals surface area contributed by atoms with Gasteiger partial charge in [-0.2, -0.15) is 13.2 Å². The average molecular weight is 250 g/mol. The molecule has 2 rings (SSSR count). The van der Waals surface area contributed by atoms with E-state index in [1.165, 1.54) is 6.07 Å². The van der Waals surface area contributed by atoms with E-state index in [1.807, 2.05) is 0 Å². The van der Waals surface area contributed by atoms with Gasteiger partial charge in [0.1, 0.15) is 6.61 Å². The van der Waals surface area contributed by atoms with Crippen molar-refractivity contribution in [2.75, 3.05) is 13.2 Å². The second-order valence-corrected chi connectivity index (χ2v) is 4.15. The summed E-state index contributed by atoms with van der Waals surface area (Å²) in [7, 11) is 0. The topological polar surface area (TPSA) is 33.6 Å². The van der Waals surface area contributed by atoms with Gasteiger partial charge in [0.15, 0.2) is 6.04 Å². The number of rotatable bonds is 2. The molecule has 0 bridgehead atoms. The summed E-state index contributed by atoms with van der Waals surface area (Å²) in [6.07, 6.45) is -4.36. The minimum atomic E-state index is -4.36. The maximum atomic E-state index is 12.8. The zero-order valence-electron chi connectivity index (χ0n) is 8.12. The zero-order valence-corrected chi connectivity index (χ0v) is 8.94. The van der Waals surface area contributed by atoms with Crippen molar-refractivity contribution in [1.82, 2.24) is 5.32 Å². The lowest BCUT2D eigenvalue weighted by molar-refractivity contribution is -0.153. The van der Waals surface area contributed by atoms with E-state index in [9.17, 15) is 13.2 Å². The second-order valence-electron chi connectivity index (χ2n) is 3.17. The van der Waals surface area contributed by atoms with Gasteiger partial charge in [-0.25, -0.2) is 4.99 Å². The van der Waals surface area contributed by atoms with Crippen LogP contribution in [0, 0.1) is 0 Å². The Morgan fingerprint density at radius 1 is 1.50 bits per heavy atom. The Kier molecular flexibility index (Phi) is 3.04. The Bertz CT molecular complexity index is 375.